The van der Waals surface area contributed by atoms with Crippen LogP contribution in [0.3, 0.4) is 0 Å². The summed E-state index contributed by atoms with van der Waals surface area (Å²) in [5.41, 5.74) is -0.250. The number of nitrogens with zero attached hydrogens (tertiary/aromatic N) is 1. The minimum Gasteiger partial charge on any atom is -0.383 e. The summed E-state index contributed by atoms with van der Waals surface area (Å²) >= 11 is 0. The third-order valence-corrected chi connectivity index (χ3v) is 4.20. The number of ether oxygens (including phenoxy) is 1. The summed E-state index contributed by atoms with van der Waals surface area (Å²) in [5, 5.41) is 14.3. The number of nitro benzene ring substituents is 1. The fraction of sp³-hybridized carbons (Fsp3) is 0.538. The fourth-order valence-corrected chi connectivity index (χ4v) is 2.77. The van der Waals surface area contributed by atoms with E-state index in [1.807, 2.05) is 13.8 Å². The molecular weight excluding hydrogens is 296 g/mol. The Kier molecular flexibility index (Phi) is 5.68. The zero-order chi connectivity index (χ0) is 16.2. The summed E-state index contributed by atoms with van der Waals surface area (Å²) in [4.78, 5) is 10.3. The van der Waals surface area contributed by atoms with E-state index in [0.29, 0.717) is 6.61 Å². The summed E-state index contributed by atoms with van der Waals surface area (Å²) in [7, 11) is -2.14. The van der Waals surface area contributed by atoms with Gasteiger partial charge in [0.1, 0.15) is 10.6 Å². The maximum absolute atomic E-state index is 11.7. The van der Waals surface area contributed by atoms with Crippen molar-refractivity contribution < 1.29 is 18.1 Å². The molecular formula is C13H20N2O5S. The number of benzene rings is 1. The molecule has 0 fully saturated rings. The zero-order valence-corrected chi connectivity index (χ0v) is 13.3. The first kappa shape index (κ1) is 17.4. The van der Waals surface area contributed by atoms with Gasteiger partial charge >= 0.3 is 5.69 Å². The summed E-state index contributed by atoms with van der Waals surface area (Å²) in [6.07, 6.45) is 0.953. The minimum absolute atomic E-state index is 0.159. The molecule has 1 N–H and O–H groups in total. The maximum atomic E-state index is 11.7. The van der Waals surface area contributed by atoms with Gasteiger partial charge in [0.2, 0.25) is 0 Å². The van der Waals surface area contributed by atoms with Crippen LogP contribution in [0.4, 0.5) is 11.4 Å². The van der Waals surface area contributed by atoms with E-state index in [9.17, 15) is 18.5 Å². The number of anilines is 1. The SMILES string of the molecule is COCC(Nc1cccc(S(C)(=O)=O)c1[N+](=O)[O-])C(C)C. The molecule has 1 atom stereocenters. The molecule has 0 radical (unpaired) electrons. The van der Waals surface area contributed by atoms with Gasteiger partial charge in [-0.1, -0.05) is 19.9 Å². The number of para-hydroxylation sites is 1. The third-order valence-electron chi connectivity index (χ3n) is 3.07. The molecule has 0 aliphatic heterocycles. The lowest BCUT2D eigenvalue weighted by molar-refractivity contribution is -0.386. The first-order valence-corrected chi connectivity index (χ1v) is 8.30. The molecule has 0 saturated heterocycles. The van der Waals surface area contributed by atoms with E-state index in [1.54, 1.807) is 7.11 Å². The molecule has 1 unspecified atom stereocenters. The van der Waals surface area contributed by atoms with Crippen LogP contribution in [-0.2, 0) is 14.6 Å². The normalized spacial score (nSPS) is 13.2. The highest BCUT2D eigenvalue weighted by Gasteiger charge is 2.27. The molecule has 21 heavy (non-hydrogen) atoms. The predicted octanol–water partition coefficient (Wildman–Crippen LogP) is 2.08. The lowest BCUT2D eigenvalue weighted by atomic mass is 10.0. The fourth-order valence-electron chi connectivity index (χ4n) is 1.91. The Labute approximate surface area is 124 Å². The summed E-state index contributed by atoms with van der Waals surface area (Å²) in [5.74, 6) is 0.159. The number of hydrogen-bond donors (Lipinski definition) is 1. The summed E-state index contributed by atoms with van der Waals surface area (Å²) < 4.78 is 28.5. The van der Waals surface area contributed by atoms with Crippen molar-refractivity contribution in [1.29, 1.82) is 0 Å². The van der Waals surface area contributed by atoms with Gasteiger partial charge < -0.3 is 10.1 Å². The van der Waals surface area contributed by atoms with Crippen LogP contribution in [0.5, 0.6) is 0 Å². The molecule has 1 rings (SSSR count). The van der Waals surface area contributed by atoms with Gasteiger partial charge in [-0.2, -0.15) is 0 Å². The largest absolute Gasteiger partial charge is 0.383 e. The van der Waals surface area contributed by atoms with Gasteiger partial charge in [-0.25, -0.2) is 8.42 Å². The van der Waals surface area contributed by atoms with E-state index in [-0.39, 0.29) is 22.5 Å². The minimum atomic E-state index is -3.68. The van der Waals surface area contributed by atoms with Gasteiger partial charge in [0.25, 0.3) is 0 Å². The lowest BCUT2D eigenvalue weighted by Crippen LogP contribution is -2.30. The van der Waals surface area contributed by atoms with E-state index >= 15 is 0 Å². The zero-order valence-electron chi connectivity index (χ0n) is 12.5. The number of nitro groups is 1. The second-order valence-corrected chi connectivity index (χ2v) is 7.12. The van der Waals surface area contributed by atoms with Crippen LogP contribution in [0.15, 0.2) is 23.1 Å². The van der Waals surface area contributed by atoms with Crippen molar-refractivity contribution in [2.75, 3.05) is 25.3 Å². The van der Waals surface area contributed by atoms with Crippen molar-refractivity contribution >= 4 is 21.2 Å². The molecule has 0 spiro atoms. The van der Waals surface area contributed by atoms with Crippen LogP contribution < -0.4 is 5.32 Å². The van der Waals surface area contributed by atoms with Gasteiger partial charge in [0.05, 0.1) is 17.6 Å². The van der Waals surface area contributed by atoms with Crippen LogP contribution in [0.2, 0.25) is 0 Å². The molecule has 0 saturated carbocycles. The highest BCUT2D eigenvalue weighted by molar-refractivity contribution is 7.90. The lowest BCUT2D eigenvalue weighted by Gasteiger charge is -2.22. The Balaban J connectivity index is 3.33. The number of nitrogens with one attached hydrogen (secondary N) is 1. The molecule has 0 heterocycles. The molecule has 1 aromatic rings. The smallest absolute Gasteiger partial charge is 0.310 e. The van der Waals surface area contributed by atoms with Crippen molar-refractivity contribution in [3.8, 4) is 0 Å². The van der Waals surface area contributed by atoms with Gasteiger partial charge in [0, 0.05) is 13.4 Å². The molecule has 0 bridgehead atoms. The second kappa shape index (κ2) is 6.86. The standard InChI is InChI=1S/C13H20N2O5S/c1-9(2)11(8-20-3)14-10-6-5-7-12(21(4,18)19)13(10)15(16)17/h5-7,9,11,14H,8H2,1-4H3. The Morgan fingerprint density at radius 2 is 2.00 bits per heavy atom. The quantitative estimate of drug-likeness (QED) is 0.611. The number of rotatable bonds is 7. The Bertz CT molecular complexity index is 613. The van der Waals surface area contributed by atoms with E-state index in [2.05, 4.69) is 5.32 Å². The van der Waals surface area contributed by atoms with Crippen molar-refractivity contribution in [2.45, 2.75) is 24.8 Å². The average Bonchev–Trinajstić information content (AvgIpc) is 2.36. The van der Waals surface area contributed by atoms with Crippen molar-refractivity contribution in [3.05, 3.63) is 28.3 Å². The first-order valence-electron chi connectivity index (χ1n) is 6.41. The van der Waals surface area contributed by atoms with E-state index in [0.717, 1.165) is 6.26 Å². The highest BCUT2D eigenvalue weighted by Crippen LogP contribution is 2.32. The molecule has 8 heteroatoms. The molecule has 0 amide bonds. The van der Waals surface area contributed by atoms with Crippen LogP contribution in [0.25, 0.3) is 0 Å². The summed E-state index contributed by atoms with van der Waals surface area (Å²) in [6, 6.07) is 4.05. The topological polar surface area (TPSA) is 98.5 Å². The molecule has 0 aromatic heterocycles. The molecule has 1 aromatic carbocycles. The number of sulfone groups is 1. The Morgan fingerprint density at radius 3 is 2.43 bits per heavy atom. The van der Waals surface area contributed by atoms with Crippen LogP contribution in [0.1, 0.15) is 13.8 Å². The predicted molar refractivity (Wildman–Crippen MR) is 80.3 cm³/mol. The van der Waals surface area contributed by atoms with Crippen molar-refractivity contribution in [1.82, 2.24) is 0 Å². The van der Waals surface area contributed by atoms with Gasteiger partial charge in [-0.05, 0) is 18.1 Å². The van der Waals surface area contributed by atoms with E-state index in [4.69, 9.17) is 4.74 Å². The highest BCUT2D eigenvalue weighted by atomic mass is 32.2. The van der Waals surface area contributed by atoms with Gasteiger partial charge in [0.15, 0.2) is 9.84 Å². The van der Waals surface area contributed by atoms with Crippen molar-refractivity contribution in [3.63, 3.8) is 0 Å². The van der Waals surface area contributed by atoms with Gasteiger partial charge in [-0.15, -0.1) is 0 Å². The van der Waals surface area contributed by atoms with Crippen LogP contribution >= 0.6 is 0 Å². The molecule has 118 valence electrons. The average molecular weight is 316 g/mol. The van der Waals surface area contributed by atoms with E-state index < -0.39 is 20.4 Å². The first-order chi connectivity index (χ1) is 9.68. The van der Waals surface area contributed by atoms with Gasteiger partial charge in [-0.3, -0.25) is 10.1 Å². The second-order valence-electron chi connectivity index (χ2n) is 5.13. The third kappa shape index (κ3) is 4.40. The monoisotopic (exact) mass is 316 g/mol. The molecule has 0 aliphatic rings. The van der Waals surface area contributed by atoms with Crippen LogP contribution in [0, 0.1) is 16.0 Å². The number of methoxy groups -OCH3 is 1. The summed E-state index contributed by atoms with van der Waals surface area (Å²) in [6.45, 7) is 4.25. The van der Waals surface area contributed by atoms with E-state index in [1.165, 1.54) is 18.2 Å². The Hall–Kier alpha value is -1.67. The Morgan fingerprint density at radius 1 is 1.38 bits per heavy atom. The maximum Gasteiger partial charge on any atom is 0.310 e. The number of hydrogen-bond acceptors (Lipinski definition) is 6. The molecule has 0 aliphatic carbocycles. The van der Waals surface area contributed by atoms with Crippen molar-refractivity contribution in [2.24, 2.45) is 5.92 Å². The van der Waals surface area contributed by atoms with Crippen LogP contribution in [-0.4, -0.2) is 39.4 Å². The molecule has 7 nitrogen and oxygen atoms in total.